The maximum Gasteiger partial charge on any atom is 0.305 e. The Bertz CT molecular complexity index is 785. The van der Waals surface area contributed by atoms with E-state index >= 15 is 0 Å². The normalized spacial score (nSPS) is 48.8. The van der Waals surface area contributed by atoms with Crippen molar-refractivity contribution in [1.82, 2.24) is 0 Å². The van der Waals surface area contributed by atoms with Crippen molar-refractivity contribution in [2.45, 2.75) is 103 Å². The predicted octanol–water partition coefficient (Wildman–Crippen LogP) is 3.08. The average molecular weight is 481 g/mol. The molecule has 4 fully saturated rings. The second-order valence-corrected chi connectivity index (χ2v) is 12.3. The smallest absolute Gasteiger partial charge is 0.305 e. The number of carbonyl (C=O) groups is 2. The van der Waals surface area contributed by atoms with Crippen molar-refractivity contribution in [3.8, 4) is 0 Å². The van der Waals surface area contributed by atoms with Gasteiger partial charge in [0.1, 0.15) is 6.10 Å². The van der Waals surface area contributed by atoms with Gasteiger partial charge in [0, 0.05) is 18.8 Å². The van der Waals surface area contributed by atoms with E-state index in [2.05, 4.69) is 20.8 Å². The zero-order valence-corrected chi connectivity index (χ0v) is 21.4. The van der Waals surface area contributed by atoms with Gasteiger partial charge in [-0.3, -0.25) is 9.59 Å². The van der Waals surface area contributed by atoms with Crippen LogP contribution in [0.5, 0.6) is 0 Å². The summed E-state index contributed by atoms with van der Waals surface area (Å²) in [7, 11) is 1.41. The number of aliphatic hydroxyl groups is 3. The molecule has 0 aromatic carbocycles. The second-order valence-electron chi connectivity index (χ2n) is 12.3. The summed E-state index contributed by atoms with van der Waals surface area (Å²) in [5, 5.41) is 33.1. The van der Waals surface area contributed by atoms with Gasteiger partial charge in [-0.05, 0) is 85.9 Å². The van der Waals surface area contributed by atoms with Crippen molar-refractivity contribution < 1.29 is 34.4 Å². The molecule has 194 valence electrons. The van der Waals surface area contributed by atoms with Crippen molar-refractivity contribution in [2.75, 3.05) is 7.11 Å². The van der Waals surface area contributed by atoms with Crippen LogP contribution >= 0.6 is 0 Å². The number of hydrogen-bond acceptors (Lipinski definition) is 7. The molecule has 0 bridgehead atoms. The quantitative estimate of drug-likeness (QED) is 0.518. The lowest BCUT2D eigenvalue weighted by molar-refractivity contribution is -0.247. The number of aliphatic hydroxyl groups excluding tert-OH is 3. The van der Waals surface area contributed by atoms with Crippen LogP contribution in [0.15, 0.2) is 0 Å². The summed E-state index contributed by atoms with van der Waals surface area (Å²) < 4.78 is 10.9. The third-order valence-corrected chi connectivity index (χ3v) is 10.9. The van der Waals surface area contributed by atoms with Gasteiger partial charge in [-0.15, -0.1) is 0 Å². The van der Waals surface area contributed by atoms with Crippen molar-refractivity contribution in [2.24, 2.45) is 46.3 Å². The van der Waals surface area contributed by atoms with E-state index < -0.39 is 18.3 Å². The summed E-state index contributed by atoms with van der Waals surface area (Å²) >= 11 is 0. The van der Waals surface area contributed by atoms with Gasteiger partial charge in [-0.25, -0.2) is 0 Å². The Labute approximate surface area is 203 Å². The molecule has 0 saturated heterocycles. The maximum atomic E-state index is 12.2. The second kappa shape index (κ2) is 9.36. The highest BCUT2D eigenvalue weighted by Crippen LogP contribution is 2.69. The van der Waals surface area contributed by atoms with E-state index in [1.54, 1.807) is 0 Å². The Hall–Kier alpha value is -1.18. The molecule has 4 aliphatic rings. The van der Waals surface area contributed by atoms with Gasteiger partial charge < -0.3 is 24.8 Å². The highest BCUT2D eigenvalue weighted by Gasteiger charge is 2.68. The van der Waals surface area contributed by atoms with E-state index in [0.717, 1.165) is 19.3 Å². The number of ether oxygens (including phenoxy) is 2. The Morgan fingerprint density at radius 3 is 2.35 bits per heavy atom. The molecular weight excluding hydrogens is 436 g/mol. The first-order valence-corrected chi connectivity index (χ1v) is 13.2. The summed E-state index contributed by atoms with van der Waals surface area (Å²) in [6, 6.07) is 0. The van der Waals surface area contributed by atoms with Gasteiger partial charge in [0.05, 0.1) is 25.4 Å². The topological polar surface area (TPSA) is 113 Å². The van der Waals surface area contributed by atoms with Gasteiger partial charge in [-0.1, -0.05) is 20.8 Å². The molecule has 3 N–H and O–H groups in total. The predicted molar refractivity (Wildman–Crippen MR) is 125 cm³/mol. The van der Waals surface area contributed by atoms with Gasteiger partial charge in [0.25, 0.3) is 0 Å². The number of fused-ring (bicyclic) bond motifs is 5. The van der Waals surface area contributed by atoms with Gasteiger partial charge in [0.2, 0.25) is 0 Å². The Morgan fingerprint density at radius 1 is 1.00 bits per heavy atom. The molecule has 7 nitrogen and oxygen atoms in total. The van der Waals surface area contributed by atoms with Crippen LogP contribution in [0, 0.1) is 46.3 Å². The van der Waals surface area contributed by atoms with Crippen molar-refractivity contribution in [3.63, 3.8) is 0 Å². The van der Waals surface area contributed by atoms with Crippen LogP contribution in [0.25, 0.3) is 0 Å². The van der Waals surface area contributed by atoms with E-state index in [1.165, 1.54) is 14.0 Å². The molecule has 7 heteroatoms. The summed E-state index contributed by atoms with van der Waals surface area (Å²) in [6.07, 6.45) is 3.21. The first-order valence-electron chi connectivity index (χ1n) is 13.2. The molecule has 12 atom stereocenters. The number of esters is 2. The molecule has 0 radical (unpaired) electrons. The number of carbonyl (C=O) groups excluding carboxylic acids is 2. The molecule has 0 aromatic rings. The average Bonchev–Trinajstić information content (AvgIpc) is 3.15. The number of methoxy groups -OCH3 is 1. The lowest BCUT2D eigenvalue weighted by Crippen LogP contribution is -2.67. The molecule has 0 amide bonds. The standard InChI is InChI=1S/C27H44O7/c1-14(6-9-22(30)33-5)17-7-8-18-23-19(13-21(27(17,18)4)34-15(2)28)26(3)11-10-16(29)12-20(26)24(31)25(23)32/h14,16-21,23-25,29,31-32H,6-13H2,1-5H3. The third kappa shape index (κ3) is 4.00. The van der Waals surface area contributed by atoms with Crippen LogP contribution in [-0.4, -0.2) is 58.8 Å². The third-order valence-electron chi connectivity index (χ3n) is 10.9. The molecule has 4 saturated carbocycles. The van der Waals surface area contributed by atoms with Crippen LogP contribution in [0.4, 0.5) is 0 Å². The van der Waals surface area contributed by atoms with Crippen molar-refractivity contribution >= 4 is 11.9 Å². The van der Waals surface area contributed by atoms with Crippen LogP contribution in [0.2, 0.25) is 0 Å². The molecule has 4 aliphatic carbocycles. The minimum atomic E-state index is -0.855. The molecule has 34 heavy (non-hydrogen) atoms. The Kier molecular flexibility index (Phi) is 7.13. The van der Waals surface area contributed by atoms with Crippen LogP contribution in [0.1, 0.15) is 79.1 Å². The molecule has 0 aromatic heterocycles. The maximum absolute atomic E-state index is 12.2. The van der Waals surface area contributed by atoms with Crippen LogP contribution in [0.3, 0.4) is 0 Å². The van der Waals surface area contributed by atoms with E-state index in [1.807, 2.05) is 0 Å². The minimum Gasteiger partial charge on any atom is -0.469 e. The van der Waals surface area contributed by atoms with Crippen LogP contribution < -0.4 is 0 Å². The fraction of sp³-hybridized carbons (Fsp3) is 0.926. The fourth-order valence-corrected chi connectivity index (χ4v) is 9.17. The van der Waals surface area contributed by atoms with Gasteiger partial charge >= 0.3 is 11.9 Å². The SMILES string of the molecule is COC(=O)CCC(C)C1CCC2C3C(O)C(O)C4CC(O)CCC4(C)C3CC(OC(C)=O)C12C. The monoisotopic (exact) mass is 480 g/mol. The van der Waals surface area contributed by atoms with Gasteiger partial charge in [-0.2, -0.15) is 0 Å². The minimum absolute atomic E-state index is 0.0684. The summed E-state index contributed by atoms with van der Waals surface area (Å²) in [5.41, 5.74) is -0.544. The number of rotatable bonds is 5. The largest absolute Gasteiger partial charge is 0.469 e. The van der Waals surface area contributed by atoms with Crippen LogP contribution in [-0.2, 0) is 19.1 Å². The Balaban J connectivity index is 1.69. The highest BCUT2D eigenvalue weighted by molar-refractivity contribution is 5.69. The summed E-state index contributed by atoms with van der Waals surface area (Å²) in [6.45, 7) is 8.07. The summed E-state index contributed by atoms with van der Waals surface area (Å²) in [4.78, 5) is 24.0. The first kappa shape index (κ1) is 25.9. The Morgan fingerprint density at radius 2 is 1.71 bits per heavy atom. The molecule has 0 aliphatic heterocycles. The zero-order chi connectivity index (χ0) is 25.0. The van der Waals surface area contributed by atoms with Crippen molar-refractivity contribution in [3.05, 3.63) is 0 Å². The molecule has 4 rings (SSSR count). The van der Waals surface area contributed by atoms with E-state index in [-0.39, 0.29) is 64.4 Å². The lowest BCUT2D eigenvalue weighted by atomic mass is 9.42. The fourth-order valence-electron chi connectivity index (χ4n) is 9.17. The van der Waals surface area contributed by atoms with E-state index in [4.69, 9.17) is 9.47 Å². The molecule has 0 heterocycles. The highest BCUT2D eigenvalue weighted by atomic mass is 16.5. The molecular formula is C27H44O7. The lowest BCUT2D eigenvalue weighted by Gasteiger charge is -2.65. The first-order chi connectivity index (χ1) is 15.9. The zero-order valence-electron chi connectivity index (χ0n) is 21.4. The van der Waals surface area contributed by atoms with Gasteiger partial charge in [0.15, 0.2) is 0 Å². The van der Waals surface area contributed by atoms with E-state index in [0.29, 0.717) is 32.1 Å². The van der Waals surface area contributed by atoms with Crippen molar-refractivity contribution in [1.29, 1.82) is 0 Å². The number of hydrogen-bond donors (Lipinski definition) is 3. The molecule has 0 spiro atoms. The summed E-state index contributed by atoms with van der Waals surface area (Å²) in [5.74, 6) is 0.0000754. The molecule has 12 unspecified atom stereocenters. The van der Waals surface area contributed by atoms with E-state index in [9.17, 15) is 24.9 Å².